The number of carbonyl (C=O) groups is 1. The molecule has 0 bridgehead atoms. The predicted octanol–water partition coefficient (Wildman–Crippen LogP) is 3.78. The Morgan fingerprint density at radius 2 is 1.84 bits per heavy atom. The first-order valence-electron chi connectivity index (χ1n) is 7.94. The van der Waals surface area contributed by atoms with Crippen molar-refractivity contribution in [3.05, 3.63) is 53.1 Å². The van der Waals surface area contributed by atoms with Crippen molar-refractivity contribution in [2.24, 2.45) is 0 Å². The number of para-hydroxylation sites is 1. The van der Waals surface area contributed by atoms with Crippen LogP contribution in [0, 0.1) is 6.92 Å². The number of hydrogen-bond acceptors (Lipinski definition) is 4. The molecule has 0 aliphatic carbocycles. The molecule has 5 nitrogen and oxygen atoms in total. The van der Waals surface area contributed by atoms with Crippen molar-refractivity contribution in [3.8, 4) is 5.75 Å². The fraction of sp³-hybridized carbons (Fsp3) is 0.316. The highest BCUT2D eigenvalue weighted by Crippen LogP contribution is 2.29. The number of benzene rings is 2. The van der Waals surface area contributed by atoms with Gasteiger partial charge in [0, 0.05) is 17.5 Å². The Kier molecular flexibility index (Phi) is 5.52. The van der Waals surface area contributed by atoms with Gasteiger partial charge in [-0.05, 0) is 42.2 Å². The molecule has 0 heterocycles. The van der Waals surface area contributed by atoms with Crippen LogP contribution in [0.4, 0.5) is 5.69 Å². The Balaban J connectivity index is 2.44. The highest BCUT2D eigenvalue weighted by molar-refractivity contribution is 7.90. The summed E-state index contributed by atoms with van der Waals surface area (Å²) in [5.41, 5.74) is 3.01. The van der Waals surface area contributed by atoms with Crippen molar-refractivity contribution in [1.29, 1.82) is 0 Å². The maximum absolute atomic E-state index is 12.7. The second-order valence-electron chi connectivity index (χ2n) is 6.29. The predicted molar refractivity (Wildman–Crippen MR) is 99.3 cm³/mol. The van der Waals surface area contributed by atoms with Crippen molar-refractivity contribution < 1.29 is 17.9 Å². The molecule has 0 unspecified atom stereocenters. The van der Waals surface area contributed by atoms with Gasteiger partial charge < -0.3 is 10.1 Å². The highest BCUT2D eigenvalue weighted by Gasteiger charge is 2.19. The molecule has 1 amide bonds. The SMILES string of the molecule is COc1ccc(C(=O)Nc2c(C)cccc2C(C)C)cc1S(C)(=O)=O. The van der Waals surface area contributed by atoms with Gasteiger partial charge in [-0.2, -0.15) is 0 Å². The van der Waals surface area contributed by atoms with Crippen LogP contribution < -0.4 is 10.1 Å². The first-order valence-corrected chi connectivity index (χ1v) is 9.83. The lowest BCUT2D eigenvalue weighted by Crippen LogP contribution is -2.15. The van der Waals surface area contributed by atoms with Crippen molar-refractivity contribution in [1.82, 2.24) is 0 Å². The van der Waals surface area contributed by atoms with E-state index in [0.29, 0.717) is 0 Å². The van der Waals surface area contributed by atoms with Gasteiger partial charge >= 0.3 is 0 Å². The molecule has 0 aromatic heterocycles. The fourth-order valence-electron chi connectivity index (χ4n) is 2.64. The summed E-state index contributed by atoms with van der Waals surface area (Å²) in [6.45, 7) is 6.04. The van der Waals surface area contributed by atoms with Gasteiger partial charge in [0.1, 0.15) is 10.6 Å². The number of sulfone groups is 1. The maximum atomic E-state index is 12.7. The monoisotopic (exact) mass is 361 g/mol. The van der Waals surface area contributed by atoms with Crippen LogP contribution in [-0.4, -0.2) is 27.7 Å². The molecule has 134 valence electrons. The molecule has 6 heteroatoms. The minimum Gasteiger partial charge on any atom is -0.495 e. The molecular formula is C19H23NO4S. The normalized spacial score (nSPS) is 11.4. The Hall–Kier alpha value is -2.34. The highest BCUT2D eigenvalue weighted by atomic mass is 32.2. The summed E-state index contributed by atoms with van der Waals surface area (Å²) in [4.78, 5) is 12.7. The largest absolute Gasteiger partial charge is 0.495 e. The number of carbonyl (C=O) groups excluding carboxylic acids is 1. The first-order chi connectivity index (χ1) is 11.6. The molecule has 2 aromatic rings. The number of anilines is 1. The lowest BCUT2D eigenvalue weighted by atomic mass is 9.98. The van der Waals surface area contributed by atoms with Gasteiger partial charge in [0.15, 0.2) is 9.84 Å². The van der Waals surface area contributed by atoms with Crippen molar-refractivity contribution in [2.45, 2.75) is 31.6 Å². The van der Waals surface area contributed by atoms with E-state index < -0.39 is 9.84 Å². The molecule has 2 rings (SSSR count). The van der Waals surface area contributed by atoms with E-state index in [9.17, 15) is 13.2 Å². The number of nitrogens with one attached hydrogen (secondary N) is 1. The second-order valence-corrected chi connectivity index (χ2v) is 8.27. The zero-order valence-electron chi connectivity index (χ0n) is 15.1. The van der Waals surface area contributed by atoms with Gasteiger partial charge in [-0.1, -0.05) is 32.0 Å². The van der Waals surface area contributed by atoms with E-state index in [0.717, 1.165) is 23.1 Å². The molecule has 0 radical (unpaired) electrons. The van der Waals surface area contributed by atoms with E-state index in [1.54, 1.807) is 6.07 Å². The minimum atomic E-state index is -3.51. The summed E-state index contributed by atoms with van der Waals surface area (Å²) in [7, 11) is -2.11. The van der Waals surface area contributed by atoms with Crippen molar-refractivity contribution in [2.75, 3.05) is 18.7 Å². The average molecular weight is 361 g/mol. The van der Waals surface area contributed by atoms with E-state index in [1.807, 2.05) is 25.1 Å². The average Bonchev–Trinajstić information content (AvgIpc) is 2.54. The topological polar surface area (TPSA) is 72.5 Å². The minimum absolute atomic E-state index is 0.00323. The summed E-state index contributed by atoms with van der Waals surface area (Å²) in [5.74, 6) is 0.110. The van der Waals surface area contributed by atoms with Gasteiger partial charge in [-0.15, -0.1) is 0 Å². The van der Waals surface area contributed by atoms with Crippen LogP contribution in [0.25, 0.3) is 0 Å². The third-order valence-electron chi connectivity index (χ3n) is 3.99. The molecule has 25 heavy (non-hydrogen) atoms. The van der Waals surface area contributed by atoms with Crippen LogP contribution in [0.3, 0.4) is 0 Å². The fourth-order valence-corrected chi connectivity index (χ4v) is 3.49. The van der Waals surface area contributed by atoms with Gasteiger partial charge in [-0.25, -0.2) is 8.42 Å². The molecular weight excluding hydrogens is 338 g/mol. The Labute approximate surface area is 148 Å². The summed E-state index contributed by atoms with van der Waals surface area (Å²) in [6, 6.07) is 10.2. The Bertz CT molecular complexity index is 902. The van der Waals surface area contributed by atoms with E-state index in [-0.39, 0.29) is 28.0 Å². The lowest BCUT2D eigenvalue weighted by Gasteiger charge is -2.17. The van der Waals surface area contributed by atoms with Gasteiger partial charge in [0.25, 0.3) is 5.91 Å². The Morgan fingerprint density at radius 3 is 2.40 bits per heavy atom. The number of hydrogen-bond donors (Lipinski definition) is 1. The van der Waals surface area contributed by atoms with E-state index in [2.05, 4.69) is 19.2 Å². The number of rotatable bonds is 5. The summed E-state index contributed by atoms with van der Waals surface area (Å²) in [5, 5.41) is 2.92. The van der Waals surface area contributed by atoms with Crippen LogP contribution in [0.2, 0.25) is 0 Å². The van der Waals surface area contributed by atoms with Crippen molar-refractivity contribution in [3.63, 3.8) is 0 Å². The molecule has 0 atom stereocenters. The zero-order chi connectivity index (χ0) is 18.8. The molecule has 0 aliphatic rings. The Morgan fingerprint density at radius 1 is 1.16 bits per heavy atom. The molecule has 0 saturated heterocycles. The quantitative estimate of drug-likeness (QED) is 0.879. The molecule has 0 aliphatic heterocycles. The van der Waals surface area contributed by atoms with Crippen LogP contribution in [-0.2, 0) is 9.84 Å². The van der Waals surface area contributed by atoms with E-state index >= 15 is 0 Å². The van der Waals surface area contributed by atoms with Gasteiger partial charge in [0.05, 0.1) is 7.11 Å². The third kappa shape index (κ3) is 4.20. The number of amides is 1. The van der Waals surface area contributed by atoms with E-state index in [4.69, 9.17) is 4.74 Å². The molecule has 1 N–H and O–H groups in total. The lowest BCUT2D eigenvalue weighted by molar-refractivity contribution is 0.102. The summed E-state index contributed by atoms with van der Waals surface area (Å²) in [6.07, 6.45) is 1.09. The summed E-state index contributed by atoms with van der Waals surface area (Å²) < 4.78 is 28.9. The molecule has 0 saturated carbocycles. The van der Waals surface area contributed by atoms with Crippen LogP contribution in [0.15, 0.2) is 41.3 Å². The molecule has 0 spiro atoms. The zero-order valence-corrected chi connectivity index (χ0v) is 15.9. The number of ether oxygens (including phenoxy) is 1. The van der Waals surface area contributed by atoms with Crippen molar-refractivity contribution >= 4 is 21.4 Å². The van der Waals surface area contributed by atoms with Crippen LogP contribution in [0.5, 0.6) is 5.75 Å². The van der Waals surface area contributed by atoms with Crippen LogP contribution in [0.1, 0.15) is 41.3 Å². The van der Waals surface area contributed by atoms with Gasteiger partial charge in [0.2, 0.25) is 0 Å². The van der Waals surface area contributed by atoms with Gasteiger partial charge in [-0.3, -0.25) is 4.79 Å². The smallest absolute Gasteiger partial charge is 0.255 e. The standard InChI is InChI=1S/C19H23NO4S/c1-12(2)15-8-6-7-13(3)18(15)20-19(21)14-9-10-16(24-4)17(11-14)25(5,22)23/h6-12H,1-5H3,(H,20,21). The number of methoxy groups -OCH3 is 1. The maximum Gasteiger partial charge on any atom is 0.255 e. The van der Waals surface area contributed by atoms with Crippen LogP contribution >= 0.6 is 0 Å². The first kappa shape index (κ1) is 19.0. The molecule has 2 aromatic carbocycles. The van der Waals surface area contributed by atoms with E-state index in [1.165, 1.54) is 19.2 Å². The summed E-state index contributed by atoms with van der Waals surface area (Å²) >= 11 is 0. The number of aryl methyl sites for hydroxylation is 1. The third-order valence-corrected chi connectivity index (χ3v) is 5.11. The second kappa shape index (κ2) is 7.27. The molecule has 0 fully saturated rings.